The van der Waals surface area contributed by atoms with Gasteiger partial charge in [-0.25, -0.2) is 9.97 Å². The molecule has 1 saturated heterocycles. The van der Waals surface area contributed by atoms with Crippen LogP contribution in [0.4, 0.5) is 5.95 Å². The van der Waals surface area contributed by atoms with Gasteiger partial charge in [-0.15, -0.1) is 0 Å². The van der Waals surface area contributed by atoms with Gasteiger partial charge in [0.2, 0.25) is 5.95 Å². The van der Waals surface area contributed by atoms with Crippen LogP contribution in [0.5, 0.6) is 5.75 Å². The molecule has 1 aliphatic heterocycles. The zero-order valence-corrected chi connectivity index (χ0v) is 14.1. The summed E-state index contributed by atoms with van der Waals surface area (Å²) in [4.78, 5) is 25.0. The Morgan fingerprint density at radius 2 is 1.71 bits per heavy atom. The molecule has 1 aromatic heterocycles. The van der Waals surface area contributed by atoms with E-state index in [2.05, 4.69) is 14.9 Å². The third-order valence-electron chi connectivity index (χ3n) is 4.11. The monoisotopic (exact) mass is 326 g/mol. The fourth-order valence-corrected chi connectivity index (χ4v) is 2.71. The standard InChI is InChI=1S/C18H22N4O2/c1-14-4-6-16(7-5-14)24-15(2)17(23)21-10-12-22(13-11-21)18-19-8-3-9-20-18/h3-9,15H,10-13H2,1-2H3/t15-/m1/s1. The van der Waals surface area contributed by atoms with E-state index in [0.717, 1.165) is 18.8 Å². The van der Waals surface area contributed by atoms with Crippen LogP contribution >= 0.6 is 0 Å². The van der Waals surface area contributed by atoms with Crippen molar-refractivity contribution in [3.05, 3.63) is 48.3 Å². The van der Waals surface area contributed by atoms with E-state index >= 15 is 0 Å². The molecule has 3 rings (SSSR count). The number of amides is 1. The summed E-state index contributed by atoms with van der Waals surface area (Å²) in [5.74, 6) is 1.45. The minimum atomic E-state index is -0.493. The third-order valence-corrected chi connectivity index (χ3v) is 4.11. The van der Waals surface area contributed by atoms with Gasteiger partial charge >= 0.3 is 0 Å². The lowest BCUT2D eigenvalue weighted by Crippen LogP contribution is -2.52. The number of carbonyl (C=O) groups excluding carboxylic acids is 1. The zero-order valence-electron chi connectivity index (χ0n) is 14.1. The molecule has 1 aliphatic rings. The van der Waals surface area contributed by atoms with E-state index in [9.17, 15) is 4.79 Å². The largest absolute Gasteiger partial charge is 0.481 e. The van der Waals surface area contributed by atoms with Crippen LogP contribution in [0.25, 0.3) is 0 Å². The van der Waals surface area contributed by atoms with Crippen LogP contribution in [-0.4, -0.2) is 53.1 Å². The molecule has 2 heterocycles. The van der Waals surface area contributed by atoms with E-state index < -0.39 is 6.10 Å². The molecule has 126 valence electrons. The Kier molecular flexibility index (Phi) is 4.93. The highest BCUT2D eigenvalue weighted by Gasteiger charge is 2.26. The molecule has 1 aromatic carbocycles. The molecule has 0 spiro atoms. The molecule has 0 bridgehead atoms. The van der Waals surface area contributed by atoms with Crippen LogP contribution in [0.15, 0.2) is 42.7 Å². The normalized spacial score (nSPS) is 15.9. The summed E-state index contributed by atoms with van der Waals surface area (Å²) in [6.07, 6.45) is 2.97. The van der Waals surface area contributed by atoms with Crippen LogP contribution in [-0.2, 0) is 4.79 Å². The van der Waals surface area contributed by atoms with Gasteiger partial charge in [0.25, 0.3) is 5.91 Å². The van der Waals surface area contributed by atoms with E-state index in [4.69, 9.17) is 4.74 Å². The predicted octanol–water partition coefficient (Wildman–Crippen LogP) is 1.90. The average Bonchev–Trinajstić information content (AvgIpc) is 2.64. The molecule has 6 nitrogen and oxygen atoms in total. The Balaban J connectivity index is 1.53. The number of piperazine rings is 1. The summed E-state index contributed by atoms with van der Waals surface area (Å²) in [5.41, 5.74) is 1.17. The molecule has 2 aromatic rings. The summed E-state index contributed by atoms with van der Waals surface area (Å²) >= 11 is 0. The molecule has 6 heteroatoms. The van der Waals surface area contributed by atoms with Crippen molar-refractivity contribution in [2.75, 3.05) is 31.1 Å². The summed E-state index contributed by atoms with van der Waals surface area (Å²) in [6.45, 7) is 6.58. The lowest BCUT2D eigenvalue weighted by atomic mass is 10.2. The smallest absolute Gasteiger partial charge is 0.263 e. The fraction of sp³-hybridized carbons (Fsp3) is 0.389. The highest BCUT2D eigenvalue weighted by atomic mass is 16.5. The van der Waals surface area contributed by atoms with E-state index in [1.807, 2.05) is 36.1 Å². The van der Waals surface area contributed by atoms with E-state index in [1.54, 1.807) is 25.4 Å². The van der Waals surface area contributed by atoms with Gasteiger partial charge in [-0.1, -0.05) is 17.7 Å². The Morgan fingerprint density at radius 1 is 1.08 bits per heavy atom. The number of aryl methyl sites for hydroxylation is 1. The van der Waals surface area contributed by atoms with Crippen LogP contribution in [0.2, 0.25) is 0 Å². The second kappa shape index (κ2) is 7.29. The highest BCUT2D eigenvalue weighted by Crippen LogP contribution is 2.15. The van der Waals surface area contributed by atoms with Crippen molar-refractivity contribution in [1.82, 2.24) is 14.9 Å². The SMILES string of the molecule is Cc1ccc(O[C@H](C)C(=O)N2CCN(c3ncccn3)CC2)cc1. The number of hydrogen-bond donors (Lipinski definition) is 0. The van der Waals surface area contributed by atoms with Crippen molar-refractivity contribution in [1.29, 1.82) is 0 Å². The fourth-order valence-electron chi connectivity index (χ4n) is 2.71. The van der Waals surface area contributed by atoms with Crippen LogP contribution in [0, 0.1) is 6.92 Å². The highest BCUT2D eigenvalue weighted by molar-refractivity contribution is 5.81. The molecule has 0 saturated carbocycles. The average molecular weight is 326 g/mol. The molecule has 1 atom stereocenters. The number of anilines is 1. The van der Waals surface area contributed by atoms with Crippen LogP contribution in [0.1, 0.15) is 12.5 Å². The molecule has 0 unspecified atom stereocenters. The van der Waals surface area contributed by atoms with Gasteiger partial charge < -0.3 is 14.5 Å². The van der Waals surface area contributed by atoms with E-state index in [0.29, 0.717) is 19.0 Å². The second-order valence-corrected chi connectivity index (χ2v) is 5.93. The van der Waals surface area contributed by atoms with E-state index in [-0.39, 0.29) is 5.91 Å². The maximum absolute atomic E-state index is 12.6. The van der Waals surface area contributed by atoms with Gasteiger partial charge in [0.15, 0.2) is 6.10 Å². The van der Waals surface area contributed by atoms with Gasteiger partial charge in [0.1, 0.15) is 5.75 Å². The first-order valence-electron chi connectivity index (χ1n) is 8.17. The molecular formula is C18H22N4O2. The summed E-state index contributed by atoms with van der Waals surface area (Å²) in [5, 5.41) is 0. The Bertz CT molecular complexity index is 667. The molecule has 0 radical (unpaired) electrons. The number of hydrogen-bond acceptors (Lipinski definition) is 5. The molecule has 0 aliphatic carbocycles. The quantitative estimate of drug-likeness (QED) is 0.859. The summed E-state index contributed by atoms with van der Waals surface area (Å²) in [6, 6.07) is 9.54. The minimum absolute atomic E-state index is 0.0178. The van der Waals surface area contributed by atoms with Crippen LogP contribution in [0.3, 0.4) is 0 Å². The van der Waals surface area contributed by atoms with Gasteiger partial charge in [0.05, 0.1) is 0 Å². The molecule has 24 heavy (non-hydrogen) atoms. The molecule has 1 amide bonds. The molecule has 1 fully saturated rings. The van der Waals surface area contributed by atoms with Gasteiger partial charge in [-0.3, -0.25) is 4.79 Å². The van der Waals surface area contributed by atoms with Gasteiger partial charge in [-0.05, 0) is 32.0 Å². The first-order chi connectivity index (χ1) is 11.6. The maximum atomic E-state index is 12.6. The van der Waals surface area contributed by atoms with Crippen molar-refractivity contribution < 1.29 is 9.53 Å². The number of aromatic nitrogens is 2. The number of nitrogens with zero attached hydrogens (tertiary/aromatic N) is 4. The minimum Gasteiger partial charge on any atom is -0.481 e. The summed E-state index contributed by atoms with van der Waals surface area (Å²) in [7, 11) is 0. The first kappa shape index (κ1) is 16.2. The topological polar surface area (TPSA) is 58.6 Å². The Morgan fingerprint density at radius 3 is 2.33 bits per heavy atom. The molecular weight excluding hydrogens is 304 g/mol. The van der Waals surface area contributed by atoms with Crippen molar-refractivity contribution in [3.8, 4) is 5.75 Å². The van der Waals surface area contributed by atoms with Crippen LogP contribution < -0.4 is 9.64 Å². The Hall–Kier alpha value is -2.63. The number of carbonyl (C=O) groups is 1. The van der Waals surface area contributed by atoms with Crippen molar-refractivity contribution in [2.45, 2.75) is 20.0 Å². The van der Waals surface area contributed by atoms with Gasteiger partial charge in [-0.2, -0.15) is 0 Å². The van der Waals surface area contributed by atoms with Gasteiger partial charge in [0, 0.05) is 38.6 Å². The first-order valence-corrected chi connectivity index (χ1v) is 8.17. The zero-order chi connectivity index (χ0) is 16.9. The van der Waals surface area contributed by atoms with Crippen molar-refractivity contribution >= 4 is 11.9 Å². The van der Waals surface area contributed by atoms with Crippen molar-refractivity contribution in [2.24, 2.45) is 0 Å². The maximum Gasteiger partial charge on any atom is 0.263 e. The number of benzene rings is 1. The number of rotatable bonds is 4. The van der Waals surface area contributed by atoms with E-state index in [1.165, 1.54) is 5.56 Å². The predicted molar refractivity (Wildman–Crippen MR) is 92.1 cm³/mol. The Labute approximate surface area is 142 Å². The lowest BCUT2D eigenvalue weighted by Gasteiger charge is -2.35. The third kappa shape index (κ3) is 3.82. The second-order valence-electron chi connectivity index (χ2n) is 5.93. The lowest BCUT2D eigenvalue weighted by molar-refractivity contribution is -0.138. The molecule has 0 N–H and O–H groups in total. The summed E-state index contributed by atoms with van der Waals surface area (Å²) < 4.78 is 5.77. The van der Waals surface area contributed by atoms with Crippen molar-refractivity contribution in [3.63, 3.8) is 0 Å². The number of ether oxygens (including phenoxy) is 1.